The van der Waals surface area contributed by atoms with E-state index in [-0.39, 0.29) is 0 Å². The van der Waals surface area contributed by atoms with E-state index in [1.54, 1.807) is 24.8 Å². The van der Waals surface area contributed by atoms with Crippen molar-refractivity contribution < 1.29 is 10.2 Å². The fourth-order valence-corrected chi connectivity index (χ4v) is 12.1. The molecule has 0 saturated carbocycles. The van der Waals surface area contributed by atoms with Crippen molar-refractivity contribution in [2.45, 2.75) is 118 Å². The minimum absolute atomic E-state index is 0.435. The van der Waals surface area contributed by atoms with Crippen molar-refractivity contribution in [2.75, 3.05) is 26.2 Å². The molecule has 18 heteroatoms. The minimum Gasteiger partial charge on any atom is -0.390 e. The van der Waals surface area contributed by atoms with Crippen molar-refractivity contribution in [3.63, 3.8) is 0 Å². The van der Waals surface area contributed by atoms with Gasteiger partial charge in [0, 0.05) is 103 Å². The number of fused-ring (bicyclic) bond motifs is 4. The molecule has 0 amide bonds. The molecule has 2 N–H and O–H groups in total. The molecule has 0 radical (unpaired) electrons. The van der Waals surface area contributed by atoms with Gasteiger partial charge in [-0.3, -0.25) is 39.5 Å². The van der Waals surface area contributed by atoms with Crippen LogP contribution in [0.25, 0.3) is 44.1 Å². The third-order valence-electron chi connectivity index (χ3n) is 16.0. The zero-order chi connectivity index (χ0) is 60.6. The Morgan fingerprint density at radius 2 is 0.511 bits per heavy atom. The Balaban J connectivity index is 0.000000202. The highest BCUT2D eigenvalue weighted by molar-refractivity contribution is 5.78. The van der Waals surface area contributed by atoms with Crippen LogP contribution in [-0.4, -0.2) is 126 Å². The first-order chi connectivity index (χ1) is 43.2. The normalized spacial score (nSPS) is 12.0. The zero-order valence-electron chi connectivity index (χ0n) is 51.0. The van der Waals surface area contributed by atoms with Gasteiger partial charge in [0.05, 0.1) is 105 Å². The van der Waals surface area contributed by atoms with E-state index in [0.29, 0.717) is 78.5 Å². The van der Waals surface area contributed by atoms with Crippen LogP contribution < -0.4 is 0 Å². The summed E-state index contributed by atoms with van der Waals surface area (Å²) >= 11 is 0. The molecule has 0 aliphatic rings. The summed E-state index contributed by atoms with van der Waals surface area (Å²) in [6.07, 6.45) is 5.94. The number of aliphatic hydroxyl groups excluding tert-OH is 2. The SMILES string of the molecule is CCn1c(CN(Cc2nc3ccccc3n2CC)CC(O)CN(Cc2nc3ccccc3n2CC)Cc2nc3ccccc3n2CC)nc2ccccc21.OC(CN(Cc1ccccn1)Cc1ccccn1)CN(Cc1ccccn1)Cc1ccccn1. The summed E-state index contributed by atoms with van der Waals surface area (Å²) in [6, 6.07) is 56.9. The van der Waals surface area contributed by atoms with Crippen molar-refractivity contribution in [1.29, 1.82) is 0 Å². The molecule has 0 saturated heterocycles. The minimum atomic E-state index is -0.678. The Labute approximate surface area is 515 Å². The average Bonchev–Trinajstić information content (AvgIpc) is 3.02. The summed E-state index contributed by atoms with van der Waals surface area (Å²) in [6.45, 7) is 18.6. The number of aliphatic hydroxyl groups is 2. The number of pyridine rings is 4. The molecule has 0 spiro atoms. The van der Waals surface area contributed by atoms with E-state index in [4.69, 9.17) is 19.9 Å². The van der Waals surface area contributed by atoms with E-state index in [2.05, 4.69) is 158 Å². The van der Waals surface area contributed by atoms with E-state index in [1.807, 2.05) is 97.1 Å². The number of rotatable bonds is 28. The van der Waals surface area contributed by atoms with E-state index >= 15 is 0 Å². The van der Waals surface area contributed by atoms with Gasteiger partial charge in [0.15, 0.2) is 0 Å². The summed E-state index contributed by atoms with van der Waals surface area (Å²) in [7, 11) is 0. The van der Waals surface area contributed by atoms with E-state index in [9.17, 15) is 10.2 Å². The third-order valence-corrected chi connectivity index (χ3v) is 16.0. The number of hydrogen-bond donors (Lipinski definition) is 2. The maximum absolute atomic E-state index is 12.2. The molecule has 12 rings (SSSR count). The van der Waals surface area contributed by atoms with Crippen molar-refractivity contribution in [2.24, 2.45) is 0 Å². The molecule has 0 fully saturated rings. The van der Waals surface area contributed by atoms with Crippen LogP contribution in [0.2, 0.25) is 0 Å². The molecule has 0 aliphatic heterocycles. The van der Waals surface area contributed by atoms with Gasteiger partial charge < -0.3 is 28.5 Å². The van der Waals surface area contributed by atoms with Crippen molar-refractivity contribution in [1.82, 2.24) is 77.7 Å². The van der Waals surface area contributed by atoms with Gasteiger partial charge in [-0.2, -0.15) is 0 Å². The first-order valence-electron chi connectivity index (χ1n) is 30.8. The van der Waals surface area contributed by atoms with Crippen molar-refractivity contribution in [3.8, 4) is 0 Å². The molecule has 8 heterocycles. The van der Waals surface area contributed by atoms with E-state index in [1.165, 1.54) is 0 Å². The number of imidazole rings is 4. The predicted molar refractivity (Wildman–Crippen MR) is 347 cm³/mol. The molecular formula is C70H80N16O2. The van der Waals surface area contributed by atoms with Gasteiger partial charge in [-0.25, -0.2) is 19.9 Å². The number of nitrogens with zero attached hydrogens (tertiary/aromatic N) is 16. The summed E-state index contributed by atoms with van der Waals surface area (Å²) in [5.41, 5.74) is 12.3. The second kappa shape index (κ2) is 29.7. The van der Waals surface area contributed by atoms with Crippen LogP contribution in [0.3, 0.4) is 0 Å². The Morgan fingerprint density at radius 1 is 0.295 bits per heavy atom. The maximum Gasteiger partial charge on any atom is 0.124 e. The quantitative estimate of drug-likeness (QED) is 0.0474. The maximum atomic E-state index is 12.2. The third kappa shape index (κ3) is 15.3. The highest BCUT2D eigenvalue weighted by Crippen LogP contribution is 2.25. The average molecular weight is 1180 g/mol. The van der Waals surface area contributed by atoms with Gasteiger partial charge in [0.1, 0.15) is 23.3 Å². The molecule has 0 atom stereocenters. The smallest absolute Gasteiger partial charge is 0.124 e. The van der Waals surface area contributed by atoms with Gasteiger partial charge in [0.25, 0.3) is 0 Å². The highest BCUT2D eigenvalue weighted by atomic mass is 16.3. The number of hydrogen-bond acceptors (Lipinski definition) is 14. The Morgan fingerprint density at radius 3 is 0.727 bits per heavy atom. The van der Waals surface area contributed by atoms with Crippen LogP contribution in [0.15, 0.2) is 195 Å². The van der Waals surface area contributed by atoms with Crippen LogP contribution in [0.5, 0.6) is 0 Å². The van der Waals surface area contributed by atoms with E-state index < -0.39 is 12.2 Å². The number of benzene rings is 4. The lowest BCUT2D eigenvalue weighted by Crippen LogP contribution is -2.41. The van der Waals surface area contributed by atoms with Gasteiger partial charge in [0.2, 0.25) is 0 Å². The monoisotopic (exact) mass is 1180 g/mol. The van der Waals surface area contributed by atoms with Gasteiger partial charge in [-0.1, -0.05) is 72.8 Å². The predicted octanol–water partition coefficient (Wildman–Crippen LogP) is 10.6. The van der Waals surface area contributed by atoms with Gasteiger partial charge >= 0.3 is 0 Å². The van der Waals surface area contributed by atoms with E-state index in [0.717, 1.165) is 116 Å². The molecule has 4 aromatic carbocycles. The molecule has 0 bridgehead atoms. The largest absolute Gasteiger partial charge is 0.390 e. The molecule has 12 aromatic rings. The second-order valence-corrected chi connectivity index (χ2v) is 22.3. The zero-order valence-corrected chi connectivity index (χ0v) is 51.0. The number of aryl methyl sites for hydroxylation is 4. The molecule has 88 heavy (non-hydrogen) atoms. The molecule has 8 aromatic heterocycles. The second-order valence-electron chi connectivity index (χ2n) is 22.3. The van der Waals surface area contributed by atoms with Crippen LogP contribution >= 0.6 is 0 Å². The van der Waals surface area contributed by atoms with Gasteiger partial charge in [-0.05, 0) is 125 Å². The Hall–Kier alpha value is -8.88. The van der Waals surface area contributed by atoms with Crippen LogP contribution in [-0.2, 0) is 78.5 Å². The van der Waals surface area contributed by atoms with Crippen molar-refractivity contribution in [3.05, 3.63) is 241 Å². The Bertz CT molecular complexity index is 3580. The lowest BCUT2D eigenvalue weighted by molar-refractivity contribution is 0.0584. The van der Waals surface area contributed by atoms with Gasteiger partial charge in [-0.15, -0.1) is 0 Å². The fraction of sp³-hybridized carbons (Fsp3) is 0.314. The first-order valence-corrected chi connectivity index (χ1v) is 30.8. The summed E-state index contributed by atoms with van der Waals surface area (Å²) in [5, 5.41) is 23.3. The number of aromatic nitrogens is 12. The topological polar surface area (TPSA) is 176 Å². The summed E-state index contributed by atoms with van der Waals surface area (Å²) in [5.74, 6) is 3.93. The molecule has 452 valence electrons. The summed E-state index contributed by atoms with van der Waals surface area (Å²) < 4.78 is 9.14. The first kappa shape index (κ1) is 60.8. The molecule has 0 aliphatic carbocycles. The van der Waals surface area contributed by atoms with Crippen molar-refractivity contribution >= 4 is 44.1 Å². The molecular weight excluding hydrogens is 1100 g/mol. The van der Waals surface area contributed by atoms with Crippen LogP contribution in [0.4, 0.5) is 0 Å². The molecule has 18 nitrogen and oxygen atoms in total. The van der Waals surface area contributed by atoms with Crippen LogP contribution in [0.1, 0.15) is 73.8 Å². The summed E-state index contributed by atoms with van der Waals surface area (Å²) in [4.78, 5) is 47.2. The lowest BCUT2D eigenvalue weighted by Gasteiger charge is -2.29. The fourth-order valence-electron chi connectivity index (χ4n) is 12.1. The highest BCUT2D eigenvalue weighted by Gasteiger charge is 2.25. The number of para-hydroxylation sites is 8. The standard InChI is InChI=1S/C43H50N10O.C27H30N6O/c1-5-50-36-21-13-9-17-32(36)44-40(50)27-48(28-41-45-33-18-10-14-22-37(33)51(41)6-2)25-31(54)26-49(29-42-46-34-19-11-15-23-38(34)52(42)7-3)30-43-47-35-20-12-16-24-39(35)53(43)8-4;34-27(21-32(17-23-9-1-5-13-28-23)18-24-10-2-6-14-29-24)22-33(19-25-11-3-7-15-30-25)20-26-12-4-8-16-31-26/h9-24,31,54H,5-8,25-30H2,1-4H3;1-16,27,34H,17-22H2. The van der Waals surface area contributed by atoms with Crippen LogP contribution in [0, 0.1) is 0 Å². The lowest BCUT2D eigenvalue weighted by atomic mass is 10.2. The molecule has 0 unspecified atom stereocenters. The Kier molecular flexibility index (Phi) is 20.5.